The molecule has 0 bridgehead atoms. The number of benzene rings is 1. The van der Waals surface area contributed by atoms with Crippen molar-refractivity contribution in [3.05, 3.63) is 24.3 Å². The maximum Gasteiger partial charge on any atom is 0.0325 e. The second kappa shape index (κ2) is 5.18. The normalized spacial score (nSPS) is 10.7. The van der Waals surface area contributed by atoms with Crippen molar-refractivity contribution in [3.8, 4) is 0 Å². The van der Waals surface area contributed by atoms with E-state index in [1.165, 1.54) is 17.7 Å². The lowest BCUT2D eigenvalue weighted by molar-refractivity contribution is 0.792. The van der Waals surface area contributed by atoms with Gasteiger partial charge in [0.15, 0.2) is 0 Å². The Kier molecular flexibility index (Phi) is 4.16. The van der Waals surface area contributed by atoms with E-state index in [-0.39, 0.29) is 0 Å². The van der Waals surface area contributed by atoms with Crippen molar-refractivity contribution in [1.82, 2.24) is 0 Å². The van der Waals surface area contributed by atoms with Crippen LogP contribution in [0.25, 0.3) is 0 Å². The fraction of sp³-hybridized carbons (Fsp3) is 0.455. The summed E-state index contributed by atoms with van der Waals surface area (Å²) in [5, 5.41) is 0.724. The number of anilines is 1. The van der Waals surface area contributed by atoms with Crippen LogP contribution in [0.15, 0.2) is 29.2 Å². The third-order valence-electron chi connectivity index (χ3n) is 2.07. The molecule has 0 aromatic heterocycles. The predicted octanol–water partition coefficient (Wildman–Crippen LogP) is 3.55. The minimum absolute atomic E-state index is 0.724. The van der Waals surface area contributed by atoms with E-state index in [9.17, 15) is 0 Å². The second-order valence-corrected chi connectivity index (χ2v) is 4.50. The SMILES string of the molecule is CCC(CC)Sc1cccc(N)c1. The molecule has 0 saturated carbocycles. The second-order valence-electron chi connectivity index (χ2n) is 3.13. The van der Waals surface area contributed by atoms with E-state index in [0.29, 0.717) is 0 Å². The molecule has 0 heterocycles. The van der Waals surface area contributed by atoms with Crippen LogP contribution < -0.4 is 5.73 Å². The Morgan fingerprint density at radius 2 is 2.00 bits per heavy atom. The molecule has 0 saturated heterocycles. The van der Waals surface area contributed by atoms with Crippen LogP contribution in [-0.4, -0.2) is 5.25 Å². The quantitative estimate of drug-likeness (QED) is 0.587. The van der Waals surface area contributed by atoms with Gasteiger partial charge in [0.2, 0.25) is 0 Å². The molecule has 0 radical (unpaired) electrons. The molecule has 72 valence electrons. The molecule has 0 aliphatic rings. The van der Waals surface area contributed by atoms with Crippen LogP contribution in [0.4, 0.5) is 5.69 Å². The smallest absolute Gasteiger partial charge is 0.0325 e. The molecule has 13 heavy (non-hydrogen) atoms. The van der Waals surface area contributed by atoms with Gasteiger partial charge in [-0.1, -0.05) is 19.9 Å². The molecule has 0 aliphatic heterocycles. The van der Waals surface area contributed by atoms with E-state index in [4.69, 9.17) is 5.73 Å². The number of rotatable bonds is 4. The number of thioether (sulfide) groups is 1. The van der Waals surface area contributed by atoms with Gasteiger partial charge in [0, 0.05) is 15.8 Å². The molecule has 2 N–H and O–H groups in total. The summed E-state index contributed by atoms with van der Waals surface area (Å²) in [6, 6.07) is 8.11. The maximum atomic E-state index is 5.70. The third kappa shape index (κ3) is 3.31. The van der Waals surface area contributed by atoms with E-state index >= 15 is 0 Å². The Balaban J connectivity index is 2.62. The Hall–Kier alpha value is -0.630. The van der Waals surface area contributed by atoms with Gasteiger partial charge >= 0.3 is 0 Å². The molecule has 2 heteroatoms. The molecule has 0 atom stereocenters. The highest BCUT2D eigenvalue weighted by Gasteiger charge is 2.04. The predicted molar refractivity (Wildman–Crippen MR) is 61.1 cm³/mol. The van der Waals surface area contributed by atoms with Gasteiger partial charge in [-0.25, -0.2) is 0 Å². The highest BCUT2D eigenvalue weighted by molar-refractivity contribution is 8.00. The monoisotopic (exact) mass is 195 g/mol. The van der Waals surface area contributed by atoms with E-state index in [1.54, 1.807) is 0 Å². The van der Waals surface area contributed by atoms with E-state index in [2.05, 4.69) is 19.9 Å². The third-order valence-corrected chi connectivity index (χ3v) is 3.60. The summed E-state index contributed by atoms with van der Waals surface area (Å²) in [6.45, 7) is 4.46. The molecule has 1 aromatic rings. The van der Waals surface area contributed by atoms with Crippen LogP contribution in [-0.2, 0) is 0 Å². The Bertz CT molecular complexity index is 256. The van der Waals surface area contributed by atoms with Gasteiger partial charge in [0.1, 0.15) is 0 Å². The van der Waals surface area contributed by atoms with Crippen LogP contribution in [0.5, 0.6) is 0 Å². The molecule has 1 rings (SSSR count). The molecule has 1 nitrogen and oxygen atoms in total. The highest BCUT2D eigenvalue weighted by Crippen LogP contribution is 2.28. The first-order chi connectivity index (χ1) is 6.26. The molecular formula is C11H17NS. The van der Waals surface area contributed by atoms with Gasteiger partial charge in [0.25, 0.3) is 0 Å². The van der Waals surface area contributed by atoms with Gasteiger partial charge in [-0.3, -0.25) is 0 Å². The van der Waals surface area contributed by atoms with Crippen LogP contribution in [0.2, 0.25) is 0 Å². The lowest BCUT2D eigenvalue weighted by Gasteiger charge is -2.11. The van der Waals surface area contributed by atoms with Gasteiger partial charge in [-0.05, 0) is 31.0 Å². The summed E-state index contributed by atoms with van der Waals surface area (Å²) in [5.41, 5.74) is 6.56. The van der Waals surface area contributed by atoms with Gasteiger partial charge in [-0.15, -0.1) is 11.8 Å². The lowest BCUT2D eigenvalue weighted by atomic mass is 10.3. The van der Waals surface area contributed by atoms with Crippen LogP contribution in [0.1, 0.15) is 26.7 Å². The van der Waals surface area contributed by atoms with Gasteiger partial charge in [0.05, 0.1) is 0 Å². The fourth-order valence-electron chi connectivity index (χ4n) is 1.24. The number of nitrogens with two attached hydrogens (primary N) is 1. The van der Waals surface area contributed by atoms with Crippen molar-refractivity contribution in [2.45, 2.75) is 36.8 Å². The summed E-state index contributed by atoms with van der Waals surface area (Å²) in [7, 11) is 0. The average molecular weight is 195 g/mol. The first-order valence-corrected chi connectivity index (χ1v) is 5.66. The standard InChI is InChI=1S/C11H17NS/c1-3-10(4-2)13-11-7-5-6-9(12)8-11/h5-8,10H,3-4,12H2,1-2H3. The van der Waals surface area contributed by atoms with E-state index in [0.717, 1.165) is 10.9 Å². The molecule has 0 aliphatic carbocycles. The molecule has 0 unspecified atom stereocenters. The van der Waals surface area contributed by atoms with Gasteiger partial charge in [-0.2, -0.15) is 0 Å². The Labute approximate surface area is 84.7 Å². The largest absolute Gasteiger partial charge is 0.399 e. The molecule has 0 spiro atoms. The zero-order valence-electron chi connectivity index (χ0n) is 8.29. The number of hydrogen-bond acceptors (Lipinski definition) is 2. The van der Waals surface area contributed by atoms with Crippen molar-refractivity contribution in [2.24, 2.45) is 0 Å². The number of nitrogen functional groups attached to an aromatic ring is 1. The summed E-state index contributed by atoms with van der Waals surface area (Å²) >= 11 is 1.92. The molecule has 0 amide bonds. The topological polar surface area (TPSA) is 26.0 Å². The van der Waals surface area contributed by atoms with E-state index < -0.39 is 0 Å². The van der Waals surface area contributed by atoms with Crippen LogP contribution >= 0.6 is 11.8 Å². The van der Waals surface area contributed by atoms with Gasteiger partial charge < -0.3 is 5.73 Å². The zero-order chi connectivity index (χ0) is 9.68. The Morgan fingerprint density at radius 1 is 1.31 bits per heavy atom. The highest BCUT2D eigenvalue weighted by atomic mass is 32.2. The minimum Gasteiger partial charge on any atom is -0.399 e. The zero-order valence-corrected chi connectivity index (χ0v) is 9.10. The molecule has 1 aromatic carbocycles. The summed E-state index contributed by atoms with van der Waals surface area (Å²) in [5.74, 6) is 0. The maximum absolute atomic E-state index is 5.70. The lowest BCUT2D eigenvalue weighted by Crippen LogP contribution is -1.97. The average Bonchev–Trinajstić information content (AvgIpc) is 2.14. The first-order valence-electron chi connectivity index (χ1n) is 4.78. The van der Waals surface area contributed by atoms with Crippen molar-refractivity contribution in [2.75, 3.05) is 5.73 Å². The Morgan fingerprint density at radius 3 is 2.54 bits per heavy atom. The van der Waals surface area contributed by atoms with Crippen molar-refractivity contribution < 1.29 is 0 Å². The number of hydrogen-bond donors (Lipinski definition) is 1. The van der Waals surface area contributed by atoms with Crippen molar-refractivity contribution in [1.29, 1.82) is 0 Å². The van der Waals surface area contributed by atoms with Crippen molar-refractivity contribution in [3.63, 3.8) is 0 Å². The van der Waals surface area contributed by atoms with Crippen LogP contribution in [0, 0.1) is 0 Å². The summed E-state index contributed by atoms with van der Waals surface area (Å²) in [4.78, 5) is 1.29. The molecule has 0 fully saturated rings. The minimum atomic E-state index is 0.724. The summed E-state index contributed by atoms with van der Waals surface area (Å²) < 4.78 is 0. The summed E-state index contributed by atoms with van der Waals surface area (Å²) in [6.07, 6.45) is 2.44. The fourth-order valence-corrected chi connectivity index (χ4v) is 2.32. The molecular weight excluding hydrogens is 178 g/mol. The first kappa shape index (κ1) is 10.5. The van der Waals surface area contributed by atoms with Crippen molar-refractivity contribution >= 4 is 17.4 Å². The van der Waals surface area contributed by atoms with Crippen LogP contribution in [0.3, 0.4) is 0 Å². The van der Waals surface area contributed by atoms with E-state index in [1.807, 2.05) is 30.0 Å².